The molecule has 118 valence electrons. The van der Waals surface area contributed by atoms with Crippen LogP contribution in [0.1, 0.15) is 25.0 Å². The zero-order valence-corrected chi connectivity index (χ0v) is 14.8. The highest BCUT2D eigenvalue weighted by Crippen LogP contribution is 2.29. The molecule has 0 aliphatic heterocycles. The van der Waals surface area contributed by atoms with E-state index in [2.05, 4.69) is 40.7 Å². The van der Waals surface area contributed by atoms with E-state index < -0.39 is 0 Å². The summed E-state index contributed by atoms with van der Waals surface area (Å²) in [5, 5.41) is 9.36. The van der Waals surface area contributed by atoms with Crippen molar-refractivity contribution in [3.63, 3.8) is 0 Å². The van der Waals surface area contributed by atoms with Crippen LogP contribution in [0.2, 0.25) is 0 Å². The quantitative estimate of drug-likeness (QED) is 0.511. The van der Waals surface area contributed by atoms with E-state index in [1.54, 1.807) is 18.2 Å². The Kier molecular flexibility index (Phi) is 5.95. The molecule has 23 heavy (non-hydrogen) atoms. The van der Waals surface area contributed by atoms with Gasteiger partial charge in [-0.05, 0) is 71.2 Å². The van der Waals surface area contributed by atoms with Crippen molar-refractivity contribution >= 4 is 33.3 Å². The molecule has 0 radical (unpaired) electrons. The Balaban J connectivity index is 2.38. The number of nitriles is 1. The van der Waals surface area contributed by atoms with E-state index in [9.17, 15) is 9.65 Å². The summed E-state index contributed by atoms with van der Waals surface area (Å²) >= 11 is 3.60. The van der Waals surface area contributed by atoms with E-state index >= 15 is 0 Å². The van der Waals surface area contributed by atoms with Gasteiger partial charge < -0.3 is 4.90 Å². The molecule has 0 amide bonds. The summed E-state index contributed by atoms with van der Waals surface area (Å²) in [4.78, 5) is 2.25. The minimum absolute atomic E-state index is 0.346. The molecule has 0 aliphatic carbocycles. The number of halogens is 2. The second-order valence-corrected chi connectivity index (χ2v) is 5.92. The van der Waals surface area contributed by atoms with Gasteiger partial charge in [0.1, 0.15) is 5.82 Å². The van der Waals surface area contributed by atoms with Crippen LogP contribution in [0.25, 0.3) is 11.6 Å². The molecule has 2 aromatic rings. The number of benzene rings is 2. The second kappa shape index (κ2) is 7.94. The van der Waals surface area contributed by atoms with Crippen molar-refractivity contribution < 1.29 is 4.39 Å². The number of hydrogen-bond acceptors (Lipinski definition) is 2. The summed E-state index contributed by atoms with van der Waals surface area (Å²) in [6.07, 6.45) is 1.77. The first-order chi connectivity index (χ1) is 11.1. The average molecular weight is 373 g/mol. The Morgan fingerprint density at radius 1 is 1.22 bits per heavy atom. The highest BCUT2D eigenvalue weighted by Gasteiger charge is 2.08. The number of hydrogen-bond donors (Lipinski definition) is 0. The summed E-state index contributed by atoms with van der Waals surface area (Å²) < 4.78 is 14.3. The van der Waals surface area contributed by atoms with Crippen LogP contribution in [0.4, 0.5) is 10.1 Å². The molecule has 2 aromatic carbocycles. The van der Waals surface area contributed by atoms with Crippen molar-refractivity contribution in [2.45, 2.75) is 13.8 Å². The third-order valence-corrected chi connectivity index (χ3v) is 4.28. The molecule has 2 rings (SSSR count). The van der Waals surface area contributed by atoms with Gasteiger partial charge in [0.2, 0.25) is 0 Å². The lowest BCUT2D eigenvalue weighted by atomic mass is 10.0. The number of rotatable bonds is 5. The molecule has 0 N–H and O–H groups in total. The molecule has 0 saturated carbocycles. The van der Waals surface area contributed by atoms with Crippen LogP contribution in [-0.2, 0) is 0 Å². The van der Waals surface area contributed by atoms with Gasteiger partial charge in [-0.1, -0.05) is 18.2 Å². The molecule has 0 fully saturated rings. The van der Waals surface area contributed by atoms with Gasteiger partial charge in [-0.15, -0.1) is 0 Å². The summed E-state index contributed by atoms with van der Waals surface area (Å²) in [7, 11) is 0. The molecule has 2 nitrogen and oxygen atoms in total. The zero-order valence-electron chi connectivity index (χ0n) is 13.2. The largest absolute Gasteiger partial charge is 0.371 e. The summed E-state index contributed by atoms with van der Waals surface area (Å²) in [5.41, 5.74) is 3.04. The lowest BCUT2D eigenvalue weighted by molar-refractivity contribution is 0.627. The van der Waals surface area contributed by atoms with Gasteiger partial charge in [-0.3, -0.25) is 0 Å². The molecule has 0 aromatic heterocycles. The first-order valence-corrected chi connectivity index (χ1v) is 8.30. The minimum Gasteiger partial charge on any atom is -0.371 e. The summed E-state index contributed by atoms with van der Waals surface area (Å²) in [6.45, 7) is 6.08. The first-order valence-electron chi connectivity index (χ1n) is 7.51. The Bertz CT molecular complexity index is 758. The standard InChI is InChI=1S/C19H18BrFN2/c1-3-23(4-2)19-9-8-14(11-18(19)20)10-16(13-22)15-6-5-7-17(21)12-15/h5-12H,3-4H2,1-2H3/b16-10-. The lowest BCUT2D eigenvalue weighted by Gasteiger charge is -2.22. The van der Waals surface area contributed by atoms with E-state index in [0.717, 1.165) is 28.8 Å². The van der Waals surface area contributed by atoms with Crippen LogP contribution in [0.5, 0.6) is 0 Å². The molecule has 0 aliphatic rings. The molecule has 0 saturated heterocycles. The molecule has 0 atom stereocenters. The fourth-order valence-electron chi connectivity index (χ4n) is 2.44. The molecular weight excluding hydrogens is 355 g/mol. The van der Waals surface area contributed by atoms with Crippen LogP contribution in [0.3, 0.4) is 0 Å². The number of nitrogens with zero attached hydrogens (tertiary/aromatic N) is 2. The summed E-state index contributed by atoms with van der Waals surface area (Å²) in [5.74, 6) is -0.346. The Morgan fingerprint density at radius 2 is 1.96 bits per heavy atom. The van der Waals surface area contributed by atoms with E-state index in [1.165, 1.54) is 12.1 Å². The van der Waals surface area contributed by atoms with Crippen molar-refractivity contribution in [1.82, 2.24) is 0 Å². The molecule has 0 bridgehead atoms. The number of allylic oxidation sites excluding steroid dienone is 1. The average Bonchev–Trinajstić information content (AvgIpc) is 2.55. The van der Waals surface area contributed by atoms with Crippen LogP contribution in [0, 0.1) is 17.1 Å². The first kappa shape index (κ1) is 17.2. The Morgan fingerprint density at radius 3 is 2.52 bits per heavy atom. The number of anilines is 1. The van der Waals surface area contributed by atoms with Crippen molar-refractivity contribution in [3.8, 4) is 6.07 Å². The third-order valence-electron chi connectivity index (χ3n) is 3.64. The van der Waals surface area contributed by atoms with Gasteiger partial charge in [-0.25, -0.2) is 4.39 Å². The van der Waals surface area contributed by atoms with E-state index in [1.807, 2.05) is 18.2 Å². The molecular formula is C19H18BrFN2. The molecule has 0 spiro atoms. The monoisotopic (exact) mass is 372 g/mol. The maximum absolute atomic E-state index is 13.3. The predicted octanol–water partition coefficient (Wildman–Crippen LogP) is 5.50. The third kappa shape index (κ3) is 4.20. The second-order valence-electron chi connectivity index (χ2n) is 5.06. The smallest absolute Gasteiger partial charge is 0.123 e. The normalized spacial score (nSPS) is 11.2. The van der Waals surface area contributed by atoms with Crippen LogP contribution >= 0.6 is 15.9 Å². The fraction of sp³-hybridized carbons (Fsp3) is 0.211. The predicted molar refractivity (Wildman–Crippen MR) is 97.6 cm³/mol. The Hall–Kier alpha value is -2.12. The highest BCUT2D eigenvalue weighted by molar-refractivity contribution is 9.10. The van der Waals surface area contributed by atoms with Gasteiger partial charge in [0.25, 0.3) is 0 Å². The minimum atomic E-state index is -0.346. The van der Waals surface area contributed by atoms with Gasteiger partial charge >= 0.3 is 0 Å². The van der Waals surface area contributed by atoms with Gasteiger partial charge in [-0.2, -0.15) is 5.26 Å². The van der Waals surface area contributed by atoms with Crippen molar-refractivity contribution in [3.05, 3.63) is 63.9 Å². The maximum atomic E-state index is 13.3. The zero-order chi connectivity index (χ0) is 16.8. The van der Waals surface area contributed by atoms with Gasteiger partial charge in [0.15, 0.2) is 0 Å². The van der Waals surface area contributed by atoms with Crippen LogP contribution < -0.4 is 4.90 Å². The van der Waals surface area contributed by atoms with Crippen LogP contribution in [-0.4, -0.2) is 13.1 Å². The van der Waals surface area contributed by atoms with E-state index in [0.29, 0.717) is 11.1 Å². The fourth-order valence-corrected chi connectivity index (χ4v) is 3.08. The SMILES string of the molecule is CCN(CC)c1ccc(/C=C(/C#N)c2cccc(F)c2)cc1Br. The Labute approximate surface area is 145 Å². The van der Waals surface area contributed by atoms with Crippen molar-refractivity contribution in [1.29, 1.82) is 5.26 Å². The highest BCUT2D eigenvalue weighted by atomic mass is 79.9. The topological polar surface area (TPSA) is 27.0 Å². The molecule has 4 heteroatoms. The van der Waals surface area contributed by atoms with Crippen LogP contribution in [0.15, 0.2) is 46.9 Å². The summed E-state index contributed by atoms with van der Waals surface area (Å²) in [6, 6.07) is 14.2. The van der Waals surface area contributed by atoms with Gasteiger partial charge in [0, 0.05) is 17.6 Å². The van der Waals surface area contributed by atoms with Crippen molar-refractivity contribution in [2.24, 2.45) is 0 Å². The molecule has 0 heterocycles. The maximum Gasteiger partial charge on any atom is 0.123 e. The lowest BCUT2D eigenvalue weighted by Crippen LogP contribution is -2.22. The van der Waals surface area contributed by atoms with E-state index in [4.69, 9.17) is 0 Å². The van der Waals surface area contributed by atoms with Crippen molar-refractivity contribution in [2.75, 3.05) is 18.0 Å². The molecule has 0 unspecified atom stereocenters. The van der Waals surface area contributed by atoms with E-state index in [-0.39, 0.29) is 5.82 Å². The van der Waals surface area contributed by atoms with Gasteiger partial charge in [0.05, 0.1) is 17.3 Å².